The van der Waals surface area contributed by atoms with Crippen molar-refractivity contribution in [2.45, 2.75) is 6.92 Å². The average molecular weight is 397 g/mol. The fraction of sp³-hybridized carbons (Fsp3) is 0.150. The first-order valence-electron chi connectivity index (χ1n) is 8.37. The molecule has 3 rings (SSSR count). The van der Waals surface area contributed by atoms with Crippen molar-refractivity contribution in [3.05, 3.63) is 59.1 Å². The summed E-state index contributed by atoms with van der Waals surface area (Å²) in [5.41, 5.74) is 2.24. The zero-order valence-corrected chi connectivity index (χ0v) is 16.4. The lowest BCUT2D eigenvalue weighted by Crippen LogP contribution is -2.12. The molecule has 7 nitrogen and oxygen atoms in total. The van der Waals surface area contributed by atoms with Gasteiger partial charge in [0.2, 0.25) is 0 Å². The molecule has 0 bridgehead atoms. The molecule has 0 spiro atoms. The lowest BCUT2D eigenvalue weighted by atomic mass is 10.1. The number of amides is 1. The van der Waals surface area contributed by atoms with Gasteiger partial charge in [0.15, 0.2) is 22.4 Å². The second-order valence-corrected chi connectivity index (χ2v) is 6.68. The summed E-state index contributed by atoms with van der Waals surface area (Å²) in [7, 11) is 3.14. The van der Waals surface area contributed by atoms with Crippen molar-refractivity contribution in [2.24, 2.45) is 0 Å². The number of ether oxygens (including phenoxy) is 2. The zero-order chi connectivity index (χ0) is 20.1. The largest absolute Gasteiger partial charge is 0.493 e. The van der Waals surface area contributed by atoms with Gasteiger partial charge in [-0.1, -0.05) is 0 Å². The van der Waals surface area contributed by atoms with Crippen LogP contribution in [-0.4, -0.2) is 30.9 Å². The van der Waals surface area contributed by atoms with Gasteiger partial charge in [-0.3, -0.25) is 9.59 Å². The van der Waals surface area contributed by atoms with Gasteiger partial charge < -0.3 is 20.1 Å². The number of methoxy groups -OCH3 is 2. The SMILES string of the molecule is COc1ccc(Nc2nc(C(=O)Nc3ccc(C(C)=O)cc3)cs2)cc1OC. The number of carbonyl (C=O) groups excluding carboxylic acids is 2. The highest BCUT2D eigenvalue weighted by molar-refractivity contribution is 7.14. The number of hydrogen-bond acceptors (Lipinski definition) is 7. The van der Waals surface area contributed by atoms with Crippen LogP contribution in [0.2, 0.25) is 0 Å². The number of anilines is 3. The molecular formula is C20H19N3O4S. The van der Waals surface area contributed by atoms with Crippen LogP contribution in [0.3, 0.4) is 0 Å². The second kappa shape index (κ2) is 8.53. The van der Waals surface area contributed by atoms with Crippen LogP contribution >= 0.6 is 11.3 Å². The molecule has 1 heterocycles. The van der Waals surface area contributed by atoms with E-state index < -0.39 is 0 Å². The van der Waals surface area contributed by atoms with E-state index in [9.17, 15) is 9.59 Å². The number of thiazole rings is 1. The minimum atomic E-state index is -0.327. The smallest absolute Gasteiger partial charge is 0.275 e. The monoisotopic (exact) mass is 397 g/mol. The van der Waals surface area contributed by atoms with Gasteiger partial charge in [0, 0.05) is 28.4 Å². The Morgan fingerprint density at radius 1 is 0.964 bits per heavy atom. The summed E-state index contributed by atoms with van der Waals surface area (Å²) in [4.78, 5) is 28.0. The lowest BCUT2D eigenvalue weighted by molar-refractivity contribution is 0.101. The summed E-state index contributed by atoms with van der Waals surface area (Å²) in [6, 6.07) is 12.1. The van der Waals surface area contributed by atoms with Gasteiger partial charge in [-0.05, 0) is 43.3 Å². The maximum atomic E-state index is 12.4. The Morgan fingerprint density at radius 3 is 2.29 bits per heavy atom. The second-order valence-electron chi connectivity index (χ2n) is 5.82. The molecule has 0 aliphatic heterocycles. The highest BCUT2D eigenvalue weighted by Gasteiger charge is 2.12. The van der Waals surface area contributed by atoms with Crippen molar-refractivity contribution in [3.63, 3.8) is 0 Å². The molecule has 0 saturated heterocycles. The fourth-order valence-corrected chi connectivity index (χ4v) is 3.17. The maximum Gasteiger partial charge on any atom is 0.275 e. The van der Waals surface area contributed by atoms with E-state index in [1.807, 2.05) is 6.07 Å². The molecule has 144 valence electrons. The summed E-state index contributed by atoms with van der Waals surface area (Å²) in [6.07, 6.45) is 0. The number of ketones is 1. The number of hydrogen-bond donors (Lipinski definition) is 2. The lowest BCUT2D eigenvalue weighted by Gasteiger charge is -2.09. The van der Waals surface area contributed by atoms with E-state index in [1.54, 1.807) is 56.0 Å². The third-order valence-electron chi connectivity index (χ3n) is 3.92. The van der Waals surface area contributed by atoms with Crippen molar-refractivity contribution in [2.75, 3.05) is 24.9 Å². The van der Waals surface area contributed by atoms with Crippen LogP contribution in [0.1, 0.15) is 27.8 Å². The molecule has 0 fully saturated rings. The number of rotatable bonds is 7. The van der Waals surface area contributed by atoms with Gasteiger partial charge in [0.25, 0.3) is 5.91 Å². The molecule has 3 aromatic rings. The van der Waals surface area contributed by atoms with E-state index in [2.05, 4.69) is 15.6 Å². The third kappa shape index (κ3) is 4.47. The van der Waals surface area contributed by atoms with Gasteiger partial charge >= 0.3 is 0 Å². The van der Waals surface area contributed by atoms with Crippen molar-refractivity contribution in [1.82, 2.24) is 4.98 Å². The van der Waals surface area contributed by atoms with Gasteiger partial charge in [-0.15, -0.1) is 11.3 Å². The Hall–Kier alpha value is -3.39. The summed E-state index contributed by atoms with van der Waals surface area (Å²) >= 11 is 1.31. The number of Topliss-reactive ketones (excluding diaryl/α,β-unsaturated/α-hetero) is 1. The number of nitrogens with zero attached hydrogens (tertiary/aromatic N) is 1. The number of benzene rings is 2. The molecule has 8 heteroatoms. The summed E-state index contributed by atoms with van der Waals surface area (Å²) in [6.45, 7) is 1.50. The first kappa shape index (κ1) is 19.4. The molecule has 0 unspecified atom stereocenters. The van der Waals surface area contributed by atoms with Crippen molar-refractivity contribution in [3.8, 4) is 11.5 Å². The van der Waals surface area contributed by atoms with Crippen LogP contribution in [0.4, 0.5) is 16.5 Å². The van der Waals surface area contributed by atoms with Crippen LogP contribution in [0.25, 0.3) is 0 Å². The quantitative estimate of drug-likeness (QED) is 0.576. The van der Waals surface area contributed by atoms with E-state index in [0.717, 1.165) is 5.69 Å². The van der Waals surface area contributed by atoms with E-state index in [4.69, 9.17) is 9.47 Å². The minimum absolute atomic E-state index is 0.0248. The third-order valence-corrected chi connectivity index (χ3v) is 4.68. The molecule has 2 N–H and O–H groups in total. The standard InChI is InChI=1S/C20H19N3O4S/c1-12(24)13-4-6-14(7-5-13)21-19(25)16-11-28-20(23-16)22-15-8-9-17(26-2)18(10-15)27-3/h4-11H,1-3H3,(H,21,25)(H,22,23). The number of nitrogens with one attached hydrogen (secondary N) is 2. The predicted molar refractivity (Wildman–Crippen MR) is 109 cm³/mol. The molecule has 0 aliphatic carbocycles. The van der Waals surface area contributed by atoms with Gasteiger partial charge in [-0.25, -0.2) is 4.98 Å². The molecular weight excluding hydrogens is 378 g/mol. The zero-order valence-electron chi connectivity index (χ0n) is 15.6. The molecule has 0 atom stereocenters. The van der Waals surface area contributed by atoms with E-state index in [0.29, 0.717) is 33.6 Å². The Bertz CT molecular complexity index is 999. The van der Waals surface area contributed by atoms with Gasteiger partial charge in [0.05, 0.1) is 14.2 Å². The van der Waals surface area contributed by atoms with Gasteiger partial charge in [0.1, 0.15) is 5.69 Å². The highest BCUT2D eigenvalue weighted by Crippen LogP contribution is 2.31. The van der Waals surface area contributed by atoms with Crippen LogP contribution in [0.5, 0.6) is 11.5 Å². The van der Waals surface area contributed by atoms with E-state index in [-0.39, 0.29) is 11.7 Å². The number of carbonyl (C=O) groups is 2. The van der Waals surface area contributed by atoms with E-state index in [1.165, 1.54) is 18.3 Å². The molecule has 0 radical (unpaired) electrons. The number of aromatic nitrogens is 1. The average Bonchev–Trinajstić information content (AvgIpc) is 3.17. The fourth-order valence-electron chi connectivity index (χ4n) is 2.46. The first-order valence-corrected chi connectivity index (χ1v) is 9.25. The van der Waals surface area contributed by atoms with Crippen molar-refractivity contribution >= 4 is 39.5 Å². The molecule has 1 amide bonds. The topological polar surface area (TPSA) is 89.5 Å². The summed E-state index contributed by atoms with van der Waals surface area (Å²) < 4.78 is 10.5. The molecule has 2 aromatic carbocycles. The normalized spacial score (nSPS) is 10.2. The van der Waals surface area contributed by atoms with Crippen LogP contribution in [0, 0.1) is 0 Å². The Morgan fingerprint density at radius 2 is 1.64 bits per heavy atom. The van der Waals surface area contributed by atoms with Crippen LogP contribution in [-0.2, 0) is 0 Å². The van der Waals surface area contributed by atoms with Crippen LogP contribution in [0.15, 0.2) is 47.8 Å². The van der Waals surface area contributed by atoms with Crippen LogP contribution < -0.4 is 20.1 Å². The minimum Gasteiger partial charge on any atom is -0.493 e. The molecule has 0 aliphatic rings. The molecule has 0 saturated carbocycles. The summed E-state index contributed by atoms with van der Waals surface area (Å²) in [5, 5.41) is 8.15. The van der Waals surface area contributed by atoms with Crippen molar-refractivity contribution in [1.29, 1.82) is 0 Å². The molecule has 28 heavy (non-hydrogen) atoms. The van der Waals surface area contributed by atoms with Crippen molar-refractivity contribution < 1.29 is 19.1 Å². The van der Waals surface area contributed by atoms with Gasteiger partial charge in [-0.2, -0.15) is 0 Å². The predicted octanol–water partition coefficient (Wildman–Crippen LogP) is 4.36. The van der Waals surface area contributed by atoms with E-state index >= 15 is 0 Å². The highest BCUT2D eigenvalue weighted by atomic mass is 32.1. The Kier molecular flexibility index (Phi) is 5.90. The maximum absolute atomic E-state index is 12.4. The molecule has 1 aromatic heterocycles. The summed E-state index contributed by atoms with van der Waals surface area (Å²) in [5.74, 6) is 0.870. The first-order chi connectivity index (χ1) is 13.5. The Balaban J connectivity index is 1.68. The Labute approximate surface area is 166 Å².